The van der Waals surface area contributed by atoms with Crippen molar-refractivity contribution in [1.29, 1.82) is 0 Å². The summed E-state index contributed by atoms with van der Waals surface area (Å²) in [7, 11) is 0. The van der Waals surface area contributed by atoms with Gasteiger partial charge in [0.25, 0.3) is 0 Å². The zero-order valence-corrected chi connectivity index (χ0v) is 20.5. The summed E-state index contributed by atoms with van der Waals surface area (Å²) in [6, 6.07) is 24.2. The highest BCUT2D eigenvalue weighted by Crippen LogP contribution is 2.22. The van der Waals surface area contributed by atoms with Crippen LogP contribution in [0.2, 0.25) is 0 Å². The molecule has 0 aromatic heterocycles. The van der Waals surface area contributed by atoms with Crippen molar-refractivity contribution in [2.75, 3.05) is 56.5 Å². The van der Waals surface area contributed by atoms with Crippen LogP contribution in [0.25, 0.3) is 0 Å². The lowest BCUT2D eigenvalue weighted by molar-refractivity contribution is -0.120. The number of piperazine rings is 1. The van der Waals surface area contributed by atoms with Crippen molar-refractivity contribution in [2.24, 2.45) is 0 Å². The first kappa shape index (κ1) is 25.2. The Balaban J connectivity index is 1.15. The molecule has 0 spiro atoms. The standard InChI is InChI=1S/C28H32N4O4/c1-2-35-24-12-8-22(9-13-24)29-27(33)20-31-16-18-32(19-17-31)21-28(34)30-23-10-14-26(15-11-23)36-25-6-4-3-5-7-25/h3-15H,2,16-21H2,1H3,(H,29,33)(H,30,34). The van der Waals surface area contributed by atoms with Crippen LogP contribution in [0.3, 0.4) is 0 Å². The number of hydrogen-bond acceptors (Lipinski definition) is 6. The summed E-state index contributed by atoms with van der Waals surface area (Å²) in [6.45, 7) is 6.10. The Morgan fingerprint density at radius 3 is 1.58 bits per heavy atom. The highest BCUT2D eigenvalue weighted by Gasteiger charge is 2.20. The molecule has 1 aliphatic rings. The maximum atomic E-state index is 12.5. The molecule has 1 saturated heterocycles. The van der Waals surface area contributed by atoms with Crippen LogP contribution in [0.5, 0.6) is 17.2 Å². The first-order chi connectivity index (χ1) is 17.6. The van der Waals surface area contributed by atoms with Gasteiger partial charge in [-0.1, -0.05) is 18.2 Å². The maximum absolute atomic E-state index is 12.5. The van der Waals surface area contributed by atoms with Crippen LogP contribution in [0.15, 0.2) is 78.9 Å². The molecule has 36 heavy (non-hydrogen) atoms. The number of ether oxygens (including phenoxy) is 2. The Kier molecular flexibility index (Phi) is 8.91. The maximum Gasteiger partial charge on any atom is 0.238 e. The van der Waals surface area contributed by atoms with Crippen molar-refractivity contribution < 1.29 is 19.1 Å². The summed E-state index contributed by atoms with van der Waals surface area (Å²) in [6.07, 6.45) is 0. The highest BCUT2D eigenvalue weighted by molar-refractivity contribution is 5.93. The van der Waals surface area contributed by atoms with Crippen molar-refractivity contribution in [3.63, 3.8) is 0 Å². The van der Waals surface area contributed by atoms with E-state index in [-0.39, 0.29) is 11.8 Å². The molecule has 3 aromatic rings. The largest absolute Gasteiger partial charge is 0.494 e. The van der Waals surface area contributed by atoms with E-state index in [4.69, 9.17) is 9.47 Å². The molecule has 0 bridgehead atoms. The van der Waals surface area contributed by atoms with Crippen LogP contribution in [0.1, 0.15) is 6.92 Å². The van der Waals surface area contributed by atoms with Crippen LogP contribution in [-0.4, -0.2) is 67.5 Å². The Labute approximate surface area is 211 Å². The molecule has 2 amide bonds. The fourth-order valence-electron chi connectivity index (χ4n) is 3.94. The van der Waals surface area contributed by atoms with Gasteiger partial charge in [0.15, 0.2) is 0 Å². The third-order valence-electron chi connectivity index (χ3n) is 5.77. The minimum absolute atomic E-state index is 0.0509. The fraction of sp³-hybridized carbons (Fsp3) is 0.286. The van der Waals surface area contributed by atoms with Gasteiger partial charge in [-0.2, -0.15) is 0 Å². The molecule has 1 aliphatic heterocycles. The molecule has 0 saturated carbocycles. The first-order valence-corrected chi connectivity index (χ1v) is 12.2. The van der Waals surface area contributed by atoms with Crippen molar-refractivity contribution in [3.8, 4) is 17.2 Å². The summed E-state index contributed by atoms with van der Waals surface area (Å²) >= 11 is 0. The Bertz CT molecular complexity index is 1110. The highest BCUT2D eigenvalue weighted by atomic mass is 16.5. The molecular weight excluding hydrogens is 456 g/mol. The number of anilines is 2. The Hall–Kier alpha value is -3.88. The van der Waals surface area contributed by atoms with Crippen LogP contribution in [-0.2, 0) is 9.59 Å². The second-order valence-electron chi connectivity index (χ2n) is 8.55. The third-order valence-corrected chi connectivity index (χ3v) is 5.77. The second kappa shape index (κ2) is 12.7. The number of nitrogens with zero attached hydrogens (tertiary/aromatic N) is 2. The normalized spacial score (nSPS) is 14.1. The SMILES string of the molecule is CCOc1ccc(NC(=O)CN2CCN(CC(=O)Nc3ccc(Oc4ccccc4)cc3)CC2)cc1. The van der Waals surface area contributed by atoms with Crippen LogP contribution in [0, 0.1) is 0 Å². The topological polar surface area (TPSA) is 83.1 Å². The molecular formula is C28H32N4O4. The van der Waals surface area contributed by atoms with Gasteiger partial charge in [-0.15, -0.1) is 0 Å². The molecule has 8 nitrogen and oxygen atoms in total. The van der Waals surface area contributed by atoms with Gasteiger partial charge >= 0.3 is 0 Å². The molecule has 0 aliphatic carbocycles. The lowest BCUT2D eigenvalue weighted by atomic mass is 10.2. The van der Waals surface area contributed by atoms with Gasteiger partial charge in [-0.05, 0) is 67.6 Å². The predicted molar refractivity (Wildman–Crippen MR) is 141 cm³/mol. The average Bonchev–Trinajstić information content (AvgIpc) is 2.88. The molecule has 188 valence electrons. The van der Waals surface area contributed by atoms with E-state index in [1.54, 1.807) is 0 Å². The summed E-state index contributed by atoms with van der Waals surface area (Å²) in [4.78, 5) is 29.1. The lowest BCUT2D eigenvalue weighted by Crippen LogP contribution is -2.50. The summed E-state index contributed by atoms with van der Waals surface area (Å²) in [5.41, 5.74) is 1.48. The molecule has 3 aromatic carbocycles. The Morgan fingerprint density at radius 1 is 0.667 bits per heavy atom. The second-order valence-corrected chi connectivity index (χ2v) is 8.55. The number of para-hydroxylation sites is 1. The molecule has 0 unspecified atom stereocenters. The van der Waals surface area contributed by atoms with Crippen molar-refractivity contribution >= 4 is 23.2 Å². The van der Waals surface area contributed by atoms with Crippen LogP contribution in [0.4, 0.5) is 11.4 Å². The number of hydrogen-bond donors (Lipinski definition) is 2. The summed E-state index contributed by atoms with van der Waals surface area (Å²) in [5.74, 6) is 2.15. The minimum Gasteiger partial charge on any atom is -0.494 e. The lowest BCUT2D eigenvalue weighted by Gasteiger charge is -2.33. The molecule has 8 heteroatoms. The summed E-state index contributed by atoms with van der Waals surface area (Å²) in [5, 5.41) is 5.86. The minimum atomic E-state index is -0.0616. The molecule has 2 N–H and O–H groups in total. The van der Waals surface area contributed by atoms with E-state index in [0.29, 0.717) is 25.4 Å². The number of benzene rings is 3. The van der Waals surface area contributed by atoms with Crippen LogP contribution >= 0.6 is 0 Å². The molecule has 0 atom stereocenters. The Morgan fingerprint density at radius 2 is 1.11 bits per heavy atom. The van der Waals surface area contributed by atoms with E-state index < -0.39 is 0 Å². The smallest absolute Gasteiger partial charge is 0.238 e. The van der Waals surface area contributed by atoms with Crippen molar-refractivity contribution in [1.82, 2.24) is 9.80 Å². The molecule has 0 radical (unpaired) electrons. The number of rotatable bonds is 10. The first-order valence-electron chi connectivity index (χ1n) is 12.2. The van der Waals surface area contributed by atoms with Crippen molar-refractivity contribution in [2.45, 2.75) is 6.92 Å². The number of carbonyl (C=O) groups is 2. The van der Waals surface area contributed by atoms with E-state index in [1.807, 2.05) is 85.8 Å². The summed E-state index contributed by atoms with van der Waals surface area (Å²) < 4.78 is 11.2. The fourth-order valence-corrected chi connectivity index (χ4v) is 3.94. The van der Waals surface area contributed by atoms with Gasteiger partial charge in [0.1, 0.15) is 17.2 Å². The number of amides is 2. The van der Waals surface area contributed by atoms with Gasteiger partial charge in [0.05, 0.1) is 19.7 Å². The van der Waals surface area contributed by atoms with E-state index in [2.05, 4.69) is 20.4 Å². The number of carbonyl (C=O) groups excluding carboxylic acids is 2. The van der Waals surface area contributed by atoms with E-state index in [0.717, 1.165) is 49.1 Å². The third kappa shape index (κ3) is 7.83. The van der Waals surface area contributed by atoms with E-state index in [9.17, 15) is 9.59 Å². The van der Waals surface area contributed by atoms with Crippen molar-refractivity contribution in [3.05, 3.63) is 78.9 Å². The molecule has 1 heterocycles. The zero-order chi connectivity index (χ0) is 25.2. The van der Waals surface area contributed by atoms with Gasteiger partial charge in [0.2, 0.25) is 11.8 Å². The quantitative estimate of drug-likeness (QED) is 0.448. The van der Waals surface area contributed by atoms with E-state index >= 15 is 0 Å². The van der Waals surface area contributed by atoms with Gasteiger partial charge in [-0.3, -0.25) is 19.4 Å². The molecule has 1 fully saturated rings. The predicted octanol–water partition coefficient (Wildman–Crippen LogP) is 4.07. The van der Waals surface area contributed by atoms with Gasteiger partial charge < -0.3 is 20.1 Å². The van der Waals surface area contributed by atoms with Crippen LogP contribution < -0.4 is 20.1 Å². The molecule has 4 rings (SSSR count). The van der Waals surface area contributed by atoms with Gasteiger partial charge in [-0.25, -0.2) is 0 Å². The van der Waals surface area contributed by atoms with E-state index in [1.165, 1.54) is 0 Å². The zero-order valence-electron chi connectivity index (χ0n) is 20.5. The average molecular weight is 489 g/mol. The number of nitrogens with one attached hydrogen (secondary N) is 2. The monoisotopic (exact) mass is 488 g/mol. The van der Waals surface area contributed by atoms with Gasteiger partial charge in [0, 0.05) is 37.6 Å².